The topological polar surface area (TPSA) is 36.4 Å². The average Bonchev–Trinajstić information content (AvgIpc) is 2.30. The normalized spacial score (nSPS) is 24.2. The maximum absolute atomic E-state index is 10.1. The lowest BCUT2D eigenvalue weighted by atomic mass is 10.00. The van der Waals surface area contributed by atoms with Gasteiger partial charge in [0, 0.05) is 19.3 Å². The quantitative estimate of drug-likeness (QED) is 0.844. The van der Waals surface area contributed by atoms with E-state index >= 15 is 0 Å². The van der Waals surface area contributed by atoms with Gasteiger partial charge >= 0.3 is 0 Å². The summed E-state index contributed by atoms with van der Waals surface area (Å²) < 4.78 is 0. The third-order valence-electron chi connectivity index (χ3n) is 3.20. The van der Waals surface area contributed by atoms with Crippen LogP contribution < -0.4 is 0 Å². The first-order chi connectivity index (χ1) is 7.75. The summed E-state index contributed by atoms with van der Waals surface area (Å²) in [5, 5.41) is 10.1. The van der Waals surface area contributed by atoms with Gasteiger partial charge in [0.15, 0.2) is 0 Å². The van der Waals surface area contributed by atoms with Crippen molar-refractivity contribution in [1.29, 1.82) is 0 Å². The van der Waals surface area contributed by atoms with E-state index in [1.54, 1.807) is 6.20 Å². The van der Waals surface area contributed by atoms with E-state index in [9.17, 15) is 5.11 Å². The molecular weight excluding hydrogens is 200 g/mol. The lowest BCUT2D eigenvalue weighted by Crippen LogP contribution is -2.37. The molecule has 2 heterocycles. The fourth-order valence-electron chi connectivity index (χ4n) is 2.36. The van der Waals surface area contributed by atoms with Crippen LogP contribution in [-0.4, -0.2) is 34.6 Å². The Kier molecular flexibility index (Phi) is 3.91. The number of piperidine rings is 1. The minimum atomic E-state index is -0.452. The molecule has 0 radical (unpaired) electrons. The maximum Gasteiger partial charge on any atom is 0.109 e. The van der Waals surface area contributed by atoms with Crippen LogP contribution in [0.5, 0.6) is 0 Å². The zero-order valence-corrected chi connectivity index (χ0v) is 9.84. The second kappa shape index (κ2) is 5.41. The van der Waals surface area contributed by atoms with Crippen LogP contribution in [0.4, 0.5) is 0 Å². The fourth-order valence-corrected chi connectivity index (χ4v) is 2.36. The summed E-state index contributed by atoms with van der Waals surface area (Å²) in [6, 6.07) is 5.68. The Bertz CT molecular complexity index is 315. The molecule has 2 atom stereocenters. The molecule has 0 aromatic carbocycles. The molecule has 1 saturated heterocycles. The van der Waals surface area contributed by atoms with Gasteiger partial charge in [-0.3, -0.25) is 4.98 Å². The molecule has 2 unspecified atom stereocenters. The zero-order valence-electron chi connectivity index (χ0n) is 9.84. The highest BCUT2D eigenvalue weighted by Crippen LogP contribution is 2.18. The van der Waals surface area contributed by atoms with E-state index < -0.39 is 6.10 Å². The molecule has 1 fully saturated rings. The summed E-state index contributed by atoms with van der Waals surface area (Å²) in [6.07, 6.45) is 3.84. The average molecular weight is 220 g/mol. The molecule has 0 spiro atoms. The minimum Gasteiger partial charge on any atom is -0.385 e. The number of nitrogens with zero attached hydrogens (tertiary/aromatic N) is 2. The summed E-state index contributed by atoms with van der Waals surface area (Å²) in [5.41, 5.74) is 0.778. The summed E-state index contributed by atoms with van der Waals surface area (Å²) in [5.74, 6) is 0.754. The summed E-state index contributed by atoms with van der Waals surface area (Å²) in [4.78, 5) is 6.53. The van der Waals surface area contributed by atoms with Crippen molar-refractivity contribution in [2.24, 2.45) is 5.92 Å². The van der Waals surface area contributed by atoms with E-state index in [0.717, 1.165) is 24.7 Å². The molecule has 1 aromatic heterocycles. The van der Waals surface area contributed by atoms with Crippen molar-refractivity contribution in [1.82, 2.24) is 9.88 Å². The standard InChI is InChI=1S/C13H20N2O/c1-11-5-4-8-15(9-11)10-13(16)12-6-2-3-7-14-12/h2-3,6-7,11,13,16H,4-5,8-10H2,1H3. The van der Waals surface area contributed by atoms with E-state index in [2.05, 4.69) is 16.8 Å². The molecule has 1 N–H and O–H groups in total. The molecule has 2 rings (SSSR count). The van der Waals surface area contributed by atoms with Gasteiger partial charge in [-0.05, 0) is 37.4 Å². The van der Waals surface area contributed by atoms with Gasteiger partial charge in [-0.2, -0.15) is 0 Å². The van der Waals surface area contributed by atoms with E-state index in [1.165, 1.54) is 12.8 Å². The number of pyridine rings is 1. The monoisotopic (exact) mass is 220 g/mol. The van der Waals surface area contributed by atoms with Crippen LogP contribution in [0.2, 0.25) is 0 Å². The lowest BCUT2D eigenvalue weighted by Gasteiger charge is -2.32. The van der Waals surface area contributed by atoms with Crippen molar-refractivity contribution in [2.45, 2.75) is 25.9 Å². The first-order valence-electron chi connectivity index (χ1n) is 6.07. The van der Waals surface area contributed by atoms with E-state index in [4.69, 9.17) is 0 Å². The van der Waals surface area contributed by atoms with Gasteiger partial charge in [0.2, 0.25) is 0 Å². The van der Waals surface area contributed by atoms with Gasteiger partial charge in [-0.25, -0.2) is 0 Å². The molecule has 1 aliphatic rings. The van der Waals surface area contributed by atoms with Crippen molar-refractivity contribution in [2.75, 3.05) is 19.6 Å². The number of rotatable bonds is 3. The molecule has 1 aromatic rings. The highest BCUT2D eigenvalue weighted by atomic mass is 16.3. The van der Waals surface area contributed by atoms with Gasteiger partial charge in [-0.1, -0.05) is 13.0 Å². The molecule has 0 amide bonds. The molecule has 1 aliphatic heterocycles. The van der Waals surface area contributed by atoms with E-state index in [0.29, 0.717) is 6.54 Å². The largest absolute Gasteiger partial charge is 0.385 e. The third kappa shape index (κ3) is 3.03. The van der Waals surface area contributed by atoms with Crippen LogP contribution in [0.15, 0.2) is 24.4 Å². The second-order valence-electron chi connectivity index (χ2n) is 4.78. The Labute approximate surface area is 97.1 Å². The van der Waals surface area contributed by atoms with Crippen molar-refractivity contribution < 1.29 is 5.11 Å². The number of aromatic nitrogens is 1. The van der Waals surface area contributed by atoms with Crippen LogP contribution in [0, 0.1) is 5.92 Å². The molecule has 3 nitrogen and oxygen atoms in total. The molecule has 16 heavy (non-hydrogen) atoms. The summed E-state index contributed by atoms with van der Waals surface area (Å²) in [6.45, 7) is 5.19. The number of hydrogen-bond acceptors (Lipinski definition) is 3. The maximum atomic E-state index is 10.1. The Balaban J connectivity index is 1.89. The lowest BCUT2D eigenvalue weighted by molar-refractivity contribution is 0.0850. The smallest absolute Gasteiger partial charge is 0.109 e. The first kappa shape index (κ1) is 11.6. The predicted molar refractivity (Wildman–Crippen MR) is 64.0 cm³/mol. The van der Waals surface area contributed by atoms with Gasteiger partial charge in [0.25, 0.3) is 0 Å². The number of β-amino-alcohol motifs (C(OH)–C–C–N with tert-alkyl or cyclic N) is 1. The second-order valence-corrected chi connectivity index (χ2v) is 4.78. The predicted octanol–water partition coefficient (Wildman–Crippen LogP) is 1.85. The number of aliphatic hydroxyl groups is 1. The SMILES string of the molecule is CC1CCCN(CC(O)c2ccccn2)C1. The van der Waals surface area contributed by atoms with Crippen LogP contribution in [-0.2, 0) is 0 Å². The molecule has 0 saturated carbocycles. The Morgan fingerprint density at radius 2 is 2.44 bits per heavy atom. The van der Waals surface area contributed by atoms with E-state index in [-0.39, 0.29) is 0 Å². The molecule has 0 aliphatic carbocycles. The van der Waals surface area contributed by atoms with Gasteiger partial charge < -0.3 is 10.0 Å². The van der Waals surface area contributed by atoms with Crippen molar-refractivity contribution in [3.05, 3.63) is 30.1 Å². The number of aliphatic hydroxyl groups excluding tert-OH is 1. The van der Waals surface area contributed by atoms with Crippen molar-refractivity contribution >= 4 is 0 Å². The van der Waals surface area contributed by atoms with Crippen LogP contribution >= 0.6 is 0 Å². The number of hydrogen-bond donors (Lipinski definition) is 1. The van der Waals surface area contributed by atoms with Crippen LogP contribution in [0.1, 0.15) is 31.6 Å². The van der Waals surface area contributed by atoms with Crippen molar-refractivity contribution in [3.63, 3.8) is 0 Å². The Morgan fingerprint density at radius 1 is 1.56 bits per heavy atom. The first-order valence-corrected chi connectivity index (χ1v) is 6.07. The molecule has 88 valence electrons. The fraction of sp³-hybridized carbons (Fsp3) is 0.615. The molecule has 3 heteroatoms. The molecular formula is C13H20N2O. The Morgan fingerprint density at radius 3 is 3.12 bits per heavy atom. The van der Waals surface area contributed by atoms with E-state index in [1.807, 2.05) is 18.2 Å². The number of likely N-dealkylation sites (tertiary alicyclic amines) is 1. The van der Waals surface area contributed by atoms with Crippen LogP contribution in [0.3, 0.4) is 0 Å². The highest BCUT2D eigenvalue weighted by molar-refractivity contribution is 5.07. The third-order valence-corrected chi connectivity index (χ3v) is 3.20. The summed E-state index contributed by atoms with van der Waals surface area (Å²) in [7, 11) is 0. The zero-order chi connectivity index (χ0) is 11.4. The minimum absolute atomic E-state index is 0.452. The summed E-state index contributed by atoms with van der Waals surface area (Å²) >= 11 is 0. The molecule has 0 bridgehead atoms. The van der Waals surface area contributed by atoms with Gasteiger partial charge in [0.1, 0.15) is 6.10 Å². The van der Waals surface area contributed by atoms with Crippen molar-refractivity contribution in [3.8, 4) is 0 Å². The Hall–Kier alpha value is -0.930. The van der Waals surface area contributed by atoms with Crippen LogP contribution in [0.25, 0.3) is 0 Å². The van der Waals surface area contributed by atoms with Gasteiger partial charge in [0.05, 0.1) is 5.69 Å². The van der Waals surface area contributed by atoms with Gasteiger partial charge in [-0.15, -0.1) is 0 Å². The highest BCUT2D eigenvalue weighted by Gasteiger charge is 2.19.